The Labute approximate surface area is 101 Å². The first kappa shape index (κ1) is 12.3. The van der Waals surface area contributed by atoms with Crippen molar-refractivity contribution in [2.75, 3.05) is 18.8 Å². The third-order valence-corrected chi connectivity index (χ3v) is 3.25. The van der Waals surface area contributed by atoms with Crippen LogP contribution >= 0.6 is 0 Å². The van der Waals surface area contributed by atoms with Crippen LogP contribution in [0.3, 0.4) is 0 Å². The molecule has 1 heterocycles. The Balaban J connectivity index is 2.07. The Bertz CT molecular complexity index is 406. The summed E-state index contributed by atoms with van der Waals surface area (Å²) >= 11 is 0. The molecule has 1 fully saturated rings. The molecule has 1 unspecified atom stereocenters. The number of halogens is 1. The Kier molecular flexibility index (Phi) is 3.35. The number of hydrogen-bond donors (Lipinski definition) is 2. The van der Waals surface area contributed by atoms with Crippen molar-refractivity contribution in [3.8, 4) is 0 Å². The lowest BCUT2D eigenvalue weighted by Crippen LogP contribution is -2.45. The van der Waals surface area contributed by atoms with Crippen molar-refractivity contribution in [1.82, 2.24) is 4.90 Å². The SMILES string of the molecule is CC1(O)CCCN(Cc2cc(F)ccc2N)C1. The van der Waals surface area contributed by atoms with Crippen LogP contribution < -0.4 is 5.73 Å². The van der Waals surface area contributed by atoms with E-state index in [1.165, 1.54) is 12.1 Å². The van der Waals surface area contributed by atoms with E-state index in [1.807, 2.05) is 6.92 Å². The molecular formula is C13H19FN2O. The lowest BCUT2D eigenvalue weighted by Gasteiger charge is -2.37. The summed E-state index contributed by atoms with van der Waals surface area (Å²) in [5, 5.41) is 10.00. The van der Waals surface area contributed by atoms with Crippen molar-refractivity contribution >= 4 is 5.69 Å². The van der Waals surface area contributed by atoms with E-state index in [4.69, 9.17) is 5.73 Å². The fraction of sp³-hybridized carbons (Fsp3) is 0.538. The highest BCUT2D eigenvalue weighted by atomic mass is 19.1. The van der Waals surface area contributed by atoms with Crippen molar-refractivity contribution in [3.63, 3.8) is 0 Å². The molecule has 1 aromatic rings. The predicted octanol–water partition coefficient (Wildman–Crippen LogP) is 1.75. The van der Waals surface area contributed by atoms with E-state index in [-0.39, 0.29) is 5.82 Å². The summed E-state index contributed by atoms with van der Waals surface area (Å²) in [7, 11) is 0. The standard InChI is InChI=1S/C13H19FN2O/c1-13(17)5-2-6-16(9-13)8-10-7-11(14)3-4-12(10)15/h3-4,7,17H,2,5-6,8-9,15H2,1H3. The minimum Gasteiger partial charge on any atom is -0.398 e. The van der Waals surface area contributed by atoms with Crippen molar-refractivity contribution in [2.45, 2.75) is 31.9 Å². The minimum absolute atomic E-state index is 0.266. The summed E-state index contributed by atoms with van der Waals surface area (Å²) in [6, 6.07) is 4.43. The quantitative estimate of drug-likeness (QED) is 0.772. The summed E-state index contributed by atoms with van der Waals surface area (Å²) in [6.45, 7) is 3.98. The monoisotopic (exact) mass is 238 g/mol. The second-order valence-electron chi connectivity index (χ2n) is 5.15. The fourth-order valence-corrected chi connectivity index (χ4v) is 2.41. The van der Waals surface area contributed by atoms with Gasteiger partial charge < -0.3 is 10.8 Å². The van der Waals surface area contributed by atoms with E-state index in [1.54, 1.807) is 6.07 Å². The highest BCUT2D eigenvalue weighted by Crippen LogP contribution is 2.23. The number of piperidine rings is 1. The molecule has 1 saturated heterocycles. The van der Waals surface area contributed by atoms with E-state index in [0.717, 1.165) is 24.9 Å². The van der Waals surface area contributed by atoms with Gasteiger partial charge in [0.15, 0.2) is 0 Å². The molecule has 2 rings (SSSR count). The maximum Gasteiger partial charge on any atom is 0.123 e. The van der Waals surface area contributed by atoms with E-state index in [0.29, 0.717) is 18.8 Å². The summed E-state index contributed by atoms with van der Waals surface area (Å²) in [5.41, 5.74) is 6.58. The number of aliphatic hydroxyl groups is 1. The van der Waals surface area contributed by atoms with Crippen LogP contribution in [0.4, 0.5) is 10.1 Å². The number of benzene rings is 1. The first-order valence-corrected chi connectivity index (χ1v) is 5.95. The van der Waals surface area contributed by atoms with Crippen LogP contribution in [0, 0.1) is 5.82 Å². The summed E-state index contributed by atoms with van der Waals surface area (Å²) in [4.78, 5) is 2.12. The Morgan fingerprint density at radius 3 is 3.00 bits per heavy atom. The molecule has 1 aliphatic rings. The largest absolute Gasteiger partial charge is 0.398 e. The number of nitrogens with zero attached hydrogens (tertiary/aromatic N) is 1. The molecule has 17 heavy (non-hydrogen) atoms. The van der Waals surface area contributed by atoms with Gasteiger partial charge in [-0.2, -0.15) is 0 Å². The van der Waals surface area contributed by atoms with Gasteiger partial charge in [0.25, 0.3) is 0 Å². The maximum absolute atomic E-state index is 13.1. The molecule has 0 saturated carbocycles. The van der Waals surface area contributed by atoms with Crippen LogP contribution in [0.25, 0.3) is 0 Å². The average Bonchev–Trinajstić information content (AvgIpc) is 2.22. The summed E-state index contributed by atoms with van der Waals surface area (Å²) in [5.74, 6) is -0.266. The molecule has 0 aromatic heterocycles. The molecule has 0 bridgehead atoms. The number of nitrogen functional groups attached to an aromatic ring is 1. The number of rotatable bonds is 2. The van der Waals surface area contributed by atoms with Gasteiger partial charge in [-0.1, -0.05) is 0 Å². The van der Waals surface area contributed by atoms with Gasteiger partial charge in [0, 0.05) is 18.8 Å². The number of nitrogens with two attached hydrogens (primary N) is 1. The first-order valence-electron chi connectivity index (χ1n) is 5.95. The molecule has 3 N–H and O–H groups in total. The normalized spacial score (nSPS) is 26.1. The van der Waals surface area contributed by atoms with Gasteiger partial charge in [0.1, 0.15) is 5.82 Å². The highest BCUT2D eigenvalue weighted by Gasteiger charge is 2.28. The fourth-order valence-electron chi connectivity index (χ4n) is 2.41. The topological polar surface area (TPSA) is 49.5 Å². The van der Waals surface area contributed by atoms with Crippen LogP contribution in [-0.4, -0.2) is 28.7 Å². The summed E-state index contributed by atoms with van der Waals surface area (Å²) < 4.78 is 13.1. The van der Waals surface area contributed by atoms with E-state index in [9.17, 15) is 9.50 Å². The predicted molar refractivity (Wildman–Crippen MR) is 65.9 cm³/mol. The van der Waals surface area contributed by atoms with Gasteiger partial charge in [-0.05, 0) is 50.1 Å². The zero-order chi connectivity index (χ0) is 12.5. The molecule has 94 valence electrons. The van der Waals surface area contributed by atoms with Crippen molar-refractivity contribution in [2.24, 2.45) is 0 Å². The van der Waals surface area contributed by atoms with E-state index >= 15 is 0 Å². The van der Waals surface area contributed by atoms with Crippen LogP contribution in [0.15, 0.2) is 18.2 Å². The molecule has 3 nitrogen and oxygen atoms in total. The van der Waals surface area contributed by atoms with Gasteiger partial charge in [-0.3, -0.25) is 4.90 Å². The third-order valence-electron chi connectivity index (χ3n) is 3.25. The molecular weight excluding hydrogens is 219 g/mol. The van der Waals surface area contributed by atoms with Gasteiger partial charge in [0.05, 0.1) is 5.60 Å². The maximum atomic E-state index is 13.1. The van der Waals surface area contributed by atoms with Gasteiger partial charge in [0.2, 0.25) is 0 Å². The van der Waals surface area contributed by atoms with Crippen LogP contribution in [0.2, 0.25) is 0 Å². The Hall–Kier alpha value is -1.13. The number of hydrogen-bond acceptors (Lipinski definition) is 3. The zero-order valence-corrected chi connectivity index (χ0v) is 10.1. The molecule has 1 aromatic carbocycles. The van der Waals surface area contributed by atoms with E-state index < -0.39 is 5.60 Å². The molecule has 1 atom stereocenters. The second kappa shape index (κ2) is 4.63. The third kappa shape index (κ3) is 3.17. The molecule has 0 aliphatic carbocycles. The van der Waals surface area contributed by atoms with Crippen molar-refractivity contribution in [3.05, 3.63) is 29.6 Å². The van der Waals surface area contributed by atoms with Crippen LogP contribution in [0.5, 0.6) is 0 Å². The minimum atomic E-state index is -0.639. The average molecular weight is 238 g/mol. The highest BCUT2D eigenvalue weighted by molar-refractivity contribution is 5.46. The number of β-amino-alcohol motifs (C(OH)–C–C–N with tert-alkyl or cyclic N) is 1. The van der Waals surface area contributed by atoms with Gasteiger partial charge in [-0.25, -0.2) is 4.39 Å². The lowest BCUT2D eigenvalue weighted by molar-refractivity contribution is -0.0181. The molecule has 0 radical (unpaired) electrons. The smallest absolute Gasteiger partial charge is 0.123 e. The van der Waals surface area contributed by atoms with Gasteiger partial charge >= 0.3 is 0 Å². The molecule has 0 amide bonds. The first-order chi connectivity index (χ1) is 7.96. The second-order valence-corrected chi connectivity index (χ2v) is 5.15. The van der Waals surface area contributed by atoms with Crippen LogP contribution in [-0.2, 0) is 6.54 Å². The lowest BCUT2D eigenvalue weighted by atomic mass is 9.95. The van der Waals surface area contributed by atoms with Crippen molar-refractivity contribution < 1.29 is 9.50 Å². The van der Waals surface area contributed by atoms with Gasteiger partial charge in [-0.15, -0.1) is 0 Å². The number of likely N-dealkylation sites (tertiary alicyclic amines) is 1. The Morgan fingerprint density at radius 1 is 1.53 bits per heavy atom. The van der Waals surface area contributed by atoms with Crippen LogP contribution in [0.1, 0.15) is 25.3 Å². The van der Waals surface area contributed by atoms with E-state index in [2.05, 4.69) is 4.90 Å². The summed E-state index contributed by atoms with van der Waals surface area (Å²) in [6.07, 6.45) is 1.78. The molecule has 0 spiro atoms. The molecule has 1 aliphatic heterocycles. The zero-order valence-electron chi connectivity index (χ0n) is 10.1. The number of anilines is 1. The van der Waals surface area contributed by atoms with Crippen molar-refractivity contribution in [1.29, 1.82) is 0 Å². The molecule has 4 heteroatoms. The Morgan fingerprint density at radius 2 is 2.29 bits per heavy atom.